The van der Waals surface area contributed by atoms with Gasteiger partial charge in [-0.15, -0.1) is 0 Å². The summed E-state index contributed by atoms with van der Waals surface area (Å²) < 4.78 is 29.0. The second-order valence-electron chi connectivity index (χ2n) is 3.98. The van der Waals surface area contributed by atoms with E-state index in [1.807, 2.05) is 6.92 Å². The van der Waals surface area contributed by atoms with Gasteiger partial charge in [0.25, 0.3) is 10.0 Å². The van der Waals surface area contributed by atoms with Crippen molar-refractivity contribution in [3.8, 4) is 0 Å². The Balaban J connectivity index is 2.47. The number of hydrogen-bond acceptors (Lipinski definition) is 3. The van der Waals surface area contributed by atoms with Gasteiger partial charge in [-0.3, -0.25) is 4.72 Å². The van der Waals surface area contributed by atoms with Gasteiger partial charge in [-0.1, -0.05) is 15.9 Å². The van der Waals surface area contributed by atoms with E-state index in [-0.39, 0.29) is 4.90 Å². The van der Waals surface area contributed by atoms with E-state index in [1.165, 1.54) is 0 Å². The van der Waals surface area contributed by atoms with Crippen LogP contribution in [0.3, 0.4) is 0 Å². The largest absolute Gasteiger partial charge is 0.277 e. The molecule has 0 fully saturated rings. The van der Waals surface area contributed by atoms with Crippen LogP contribution >= 0.6 is 47.8 Å². The molecule has 8 heteroatoms. The molecule has 0 amide bonds. The molecule has 20 heavy (non-hydrogen) atoms. The van der Waals surface area contributed by atoms with E-state index in [1.54, 1.807) is 30.5 Å². The number of nitrogens with zero attached hydrogens (tertiary/aromatic N) is 1. The number of sulfonamides is 1. The minimum atomic E-state index is -3.70. The van der Waals surface area contributed by atoms with E-state index >= 15 is 0 Å². The van der Waals surface area contributed by atoms with E-state index in [2.05, 4.69) is 57.5 Å². The minimum Gasteiger partial charge on any atom is -0.277 e. The second kappa shape index (κ2) is 6.13. The number of nitrogens with one attached hydrogen (secondary N) is 1. The first-order chi connectivity index (χ1) is 9.31. The third kappa shape index (κ3) is 3.41. The molecule has 0 unspecified atom stereocenters. The molecule has 0 saturated heterocycles. The number of halogens is 3. The van der Waals surface area contributed by atoms with E-state index in [9.17, 15) is 8.42 Å². The van der Waals surface area contributed by atoms with E-state index < -0.39 is 10.0 Å². The molecular weight excluding hydrogens is 476 g/mol. The van der Waals surface area contributed by atoms with Gasteiger partial charge in [-0.2, -0.15) is 0 Å². The third-order valence-electron chi connectivity index (χ3n) is 2.51. The van der Waals surface area contributed by atoms with E-state index in [4.69, 9.17) is 0 Å². The number of rotatable bonds is 3. The number of benzene rings is 1. The maximum Gasteiger partial charge on any atom is 0.263 e. The molecule has 1 aromatic heterocycles. The summed E-state index contributed by atoms with van der Waals surface area (Å²) in [6.07, 6.45) is 1.57. The highest BCUT2D eigenvalue weighted by Gasteiger charge is 2.20. The van der Waals surface area contributed by atoms with Gasteiger partial charge in [0.2, 0.25) is 0 Å². The Bertz CT molecular complexity index is 763. The van der Waals surface area contributed by atoms with Gasteiger partial charge in [0.1, 0.15) is 9.50 Å². The summed E-state index contributed by atoms with van der Waals surface area (Å²) in [5.41, 5.74) is 1.33. The average molecular weight is 485 g/mol. The molecule has 1 N–H and O–H groups in total. The summed E-state index contributed by atoms with van der Waals surface area (Å²) in [7, 11) is -3.70. The molecule has 0 bridgehead atoms. The van der Waals surface area contributed by atoms with Crippen LogP contribution in [-0.2, 0) is 10.0 Å². The molecule has 0 aliphatic heterocycles. The molecule has 2 rings (SSSR count). The molecule has 0 aliphatic rings. The highest BCUT2D eigenvalue weighted by molar-refractivity contribution is 9.11. The zero-order valence-electron chi connectivity index (χ0n) is 10.2. The monoisotopic (exact) mass is 482 g/mol. The first kappa shape index (κ1) is 15.9. The first-order valence-electron chi connectivity index (χ1n) is 5.40. The van der Waals surface area contributed by atoms with Gasteiger partial charge >= 0.3 is 0 Å². The summed E-state index contributed by atoms with van der Waals surface area (Å²) in [4.78, 5) is 4.14. The smallest absolute Gasteiger partial charge is 0.263 e. The van der Waals surface area contributed by atoms with Crippen LogP contribution in [0.4, 0.5) is 5.69 Å². The maximum absolute atomic E-state index is 12.4. The van der Waals surface area contributed by atoms with Crippen molar-refractivity contribution in [1.82, 2.24) is 4.98 Å². The minimum absolute atomic E-state index is 0.158. The van der Waals surface area contributed by atoms with Crippen LogP contribution in [0.1, 0.15) is 5.56 Å². The number of hydrogen-bond donors (Lipinski definition) is 1. The van der Waals surface area contributed by atoms with Crippen LogP contribution in [0.5, 0.6) is 0 Å². The van der Waals surface area contributed by atoms with E-state index in [0.717, 1.165) is 10.0 Å². The standard InChI is InChI=1S/C12H9Br3N2O2S/c1-7-5-9(14)11(6-8(7)13)20(18,19)17-10-3-2-4-16-12(10)15/h2-6,17H,1H3. The van der Waals surface area contributed by atoms with Gasteiger partial charge < -0.3 is 0 Å². The predicted octanol–water partition coefficient (Wildman–Crippen LogP) is 4.48. The molecule has 4 nitrogen and oxygen atoms in total. The van der Waals surface area contributed by atoms with Crippen molar-refractivity contribution in [2.75, 3.05) is 4.72 Å². The Morgan fingerprint density at radius 1 is 1.15 bits per heavy atom. The van der Waals surface area contributed by atoms with Gasteiger partial charge in [0, 0.05) is 15.1 Å². The molecule has 1 aromatic carbocycles. The third-order valence-corrected chi connectivity index (χ3v) is 6.32. The summed E-state index contributed by atoms with van der Waals surface area (Å²) in [5, 5.41) is 0. The van der Waals surface area contributed by atoms with Crippen molar-refractivity contribution in [3.63, 3.8) is 0 Å². The van der Waals surface area contributed by atoms with Crippen LogP contribution in [-0.4, -0.2) is 13.4 Å². The maximum atomic E-state index is 12.4. The SMILES string of the molecule is Cc1cc(Br)c(S(=O)(=O)Nc2cccnc2Br)cc1Br. The van der Waals surface area contributed by atoms with Crippen LogP contribution in [0, 0.1) is 6.92 Å². The fourth-order valence-corrected chi connectivity index (χ4v) is 4.72. The van der Waals surface area contributed by atoms with Crippen molar-refractivity contribution in [2.24, 2.45) is 0 Å². The zero-order chi connectivity index (χ0) is 14.9. The Labute approximate surface area is 142 Å². The first-order valence-corrected chi connectivity index (χ1v) is 9.26. The molecule has 2 aromatic rings. The molecule has 0 saturated carbocycles. The molecule has 0 spiro atoms. The summed E-state index contributed by atoms with van der Waals surface area (Å²) >= 11 is 9.83. The second-order valence-corrected chi connectivity index (χ2v) is 8.09. The Morgan fingerprint density at radius 3 is 2.50 bits per heavy atom. The molecule has 1 heterocycles. The fourth-order valence-electron chi connectivity index (χ4n) is 1.50. The van der Waals surface area contributed by atoms with Gasteiger partial charge in [0.05, 0.1) is 5.69 Å². The molecule has 0 aliphatic carbocycles. The Kier molecular flexibility index (Phi) is 4.88. The Morgan fingerprint density at radius 2 is 1.85 bits per heavy atom. The highest BCUT2D eigenvalue weighted by atomic mass is 79.9. The summed E-state index contributed by atoms with van der Waals surface area (Å²) in [6, 6.07) is 6.59. The molecule has 0 atom stereocenters. The topological polar surface area (TPSA) is 59.1 Å². The lowest BCUT2D eigenvalue weighted by molar-refractivity contribution is 0.600. The van der Waals surface area contributed by atoms with Crippen LogP contribution in [0.15, 0.2) is 48.9 Å². The Hall–Kier alpha value is -0.440. The fraction of sp³-hybridized carbons (Fsp3) is 0.0833. The van der Waals surface area contributed by atoms with Gasteiger partial charge in [-0.05, 0) is 68.6 Å². The molecular formula is C12H9Br3N2O2S. The lowest BCUT2D eigenvalue weighted by atomic mass is 10.2. The quantitative estimate of drug-likeness (QED) is 0.653. The van der Waals surface area contributed by atoms with Gasteiger partial charge in [-0.25, -0.2) is 13.4 Å². The number of anilines is 1. The number of aromatic nitrogens is 1. The van der Waals surface area contributed by atoms with Crippen LogP contribution in [0.2, 0.25) is 0 Å². The lowest BCUT2D eigenvalue weighted by Gasteiger charge is -2.12. The predicted molar refractivity (Wildman–Crippen MR) is 89.3 cm³/mol. The van der Waals surface area contributed by atoms with Gasteiger partial charge in [0.15, 0.2) is 0 Å². The van der Waals surface area contributed by atoms with Crippen LogP contribution in [0.25, 0.3) is 0 Å². The average Bonchev–Trinajstić information content (AvgIpc) is 2.36. The van der Waals surface area contributed by atoms with Crippen molar-refractivity contribution in [3.05, 3.63) is 49.6 Å². The van der Waals surface area contributed by atoms with Crippen LogP contribution < -0.4 is 4.72 Å². The summed E-state index contributed by atoms with van der Waals surface area (Å²) in [5.74, 6) is 0. The normalized spacial score (nSPS) is 11.4. The van der Waals surface area contributed by atoms with Crippen molar-refractivity contribution >= 4 is 63.5 Å². The van der Waals surface area contributed by atoms with Crippen molar-refractivity contribution in [2.45, 2.75) is 11.8 Å². The highest BCUT2D eigenvalue weighted by Crippen LogP contribution is 2.31. The molecule has 0 radical (unpaired) electrons. The zero-order valence-corrected chi connectivity index (χ0v) is 15.8. The summed E-state index contributed by atoms with van der Waals surface area (Å²) in [6.45, 7) is 1.89. The lowest BCUT2D eigenvalue weighted by Crippen LogP contribution is -2.14. The number of pyridine rings is 1. The van der Waals surface area contributed by atoms with Crippen molar-refractivity contribution in [1.29, 1.82) is 0 Å². The van der Waals surface area contributed by atoms with Crippen molar-refractivity contribution < 1.29 is 8.42 Å². The van der Waals surface area contributed by atoms with E-state index in [0.29, 0.717) is 14.8 Å². The number of aryl methyl sites for hydroxylation is 1. The molecule has 106 valence electrons.